The molecule has 0 aliphatic rings. The third-order valence-electron chi connectivity index (χ3n) is 3.68. The molecule has 0 saturated carbocycles. The van der Waals surface area contributed by atoms with Gasteiger partial charge in [-0.15, -0.1) is 0 Å². The second-order valence-corrected chi connectivity index (χ2v) is 5.23. The molecule has 0 bridgehead atoms. The fourth-order valence-corrected chi connectivity index (χ4v) is 2.69. The lowest BCUT2D eigenvalue weighted by atomic mass is 9.90. The van der Waals surface area contributed by atoms with Crippen LogP contribution < -0.4 is 0 Å². The summed E-state index contributed by atoms with van der Waals surface area (Å²) in [6.07, 6.45) is 0.885. The van der Waals surface area contributed by atoms with Crippen LogP contribution in [0.5, 0.6) is 0 Å². The summed E-state index contributed by atoms with van der Waals surface area (Å²) in [6, 6.07) is 12.2. The molecule has 110 valence electrons. The summed E-state index contributed by atoms with van der Waals surface area (Å²) in [7, 11) is 0. The lowest BCUT2D eigenvalue weighted by molar-refractivity contribution is 0.0527. The van der Waals surface area contributed by atoms with Gasteiger partial charge in [-0.3, -0.25) is 0 Å². The number of esters is 1. The number of hydrogen-bond acceptors (Lipinski definition) is 2. The normalized spacial score (nSPS) is 10.5. The van der Waals surface area contributed by atoms with Gasteiger partial charge >= 0.3 is 5.97 Å². The zero-order chi connectivity index (χ0) is 15.4. The summed E-state index contributed by atoms with van der Waals surface area (Å²) in [5, 5.41) is 0. The number of rotatable bonds is 4. The molecule has 0 unspecified atom stereocenters. The molecule has 0 aromatic heterocycles. The van der Waals surface area contributed by atoms with E-state index in [0.717, 1.165) is 17.5 Å². The van der Waals surface area contributed by atoms with Crippen LogP contribution in [0.25, 0.3) is 11.1 Å². The van der Waals surface area contributed by atoms with Crippen LogP contribution in [-0.2, 0) is 11.2 Å². The fraction of sp³-hybridized carbons (Fsp3) is 0.316. The van der Waals surface area contributed by atoms with E-state index in [1.807, 2.05) is 19.1 Å². The molecule has 2 nitrogen and oxygen atoms in total. The van der Waals surface area contributed by atoms with Crippen molar-refractivity contribution in [1.82, 2.24) is 0 Å². The Morgan fingerprint density at radius 1 is 1.10 bits per heavy atom. The van der Waals surface area contributed by atoms with E-state index in [2.05, 4.69) is 45.0 Å². The van der Waals surface area contributed by atoms with E-state index in [0.29, 0.717) is 12.2 Å². The van der Waals surface area contributed by atoms with Crippen molar-refractivity contribution in [2.24, 2.45) is 0 Å². The van der Waals surface area contributed by atoms with E-state index >= 15 is 0 Å². The van der Waals surface area contributed by atoms with Crippen LogP contribution in [0.4, 0.5) is 0 Å². The quantitative estimate of drug-likeness (QED) is 0.759. The van der Waals surface area contributed by atoms with Gasteiger partial charge in [0.15, 0.2) is 0 Å². The number of benzene rings is 2. The van der Waals surface area contributed by atoms with E-state index in [-0.39, 0.29) is 5.97 Å². The fourth-order valence-electron chi connectivity index (χ4n) is 2.69. The molecular formula is C19H22O2. The highest BCUT2D eigenvalue weighted by Crippen LogP contribution is 2.32. The van der Waals surface area contributed by atoms with Crippen molar-refractivity contribution in [3.05, 3.63) is 58.7 Å². The molecule has 2 aromatic rings. The molecule has 0 atom stereocenters. The molecule has 0 heterocycles. The molecule has 0 aliphatic carbocycles. The standard InChI is InChI=1S/C19H22O2/c1-5-15-8-7-9-17(19(20)21-6-2)18(15)16-11-10-13(3)12-14(16)4/h7-12H,5-6H2,1-4H3. The Morgan fingerprint density at radius 2 is 1.86 bits per heavy atom. The summed E-state index contributed by atoms with van der Waals surface area (Å²) in [4.78, 5) is 12.3. The van der Waals surface area contributed by atoms with Crippen molar-refractivity contribution in [2.45, 2.75) is 34.1 Å². The maximum Gasteiger partial charge on any atom is 0.338 e. The Morgan fingerprint density at radius 3 is 2.48 bits per heavy atom. The summed E-state index contributed by atoms with van der Waals surface area (Å²) >= 11 is 0. The van der Waals surface area contributed by atoms with Crippen LogP contribution in [-0.4, -0.2) is 12.6 Å². The monoisotopic (exact) mass is 282 g/mol. The van der Waals surface area contributed by atoms with Crippen LogP contribution in [0.1, 0.15) is 40.9 Å². The van der Waals surface area contributed by atoms with Crippen LogP contribution >= 0.6 is 0 Å². The third kappa shape index (κ3) is 3.15. The molecule has 2 heteroatoms. The van der Waals surface area contributed by atoms with Crippen LogP contribution in [0.3, 0.4) is 0 Å². The lowest BCUT2D eigenvalue weighted by Gasteiger charge is -2.16. The number of carbonyl (C=O) groups is 1. The van der Waals surface area contributed by atoms with E-state index in [4.69, 9.17) is 4.74 Å². The maximum absolute atomic E-state index is 12.3. The van der Waals surface area contributed by atoms with E-state index in [1.54, 1.807) is 0 Å². The van der Waals surface area contributed by atoms with E-state index < -0.39 is 0 Å². The highest BCUT2D eigenvalue weighted by molar-refractivity contribution is 5.98. The minimum absolute atomic E-state index is 0.247. The number of aryl methyl sites for hydroxylation is 3. The highest BCUT2D eigenvalue weighted by Gasteiger charge is 2.17. The number of carbonyl (C=O) groups excluding carboxylic acids is 1. The van der Waals surface area contributed by atoms with Gasteiger partial charge in [0.05, 0.1) is 12.2 Å². The van der Waals surface area contributed by atoms with Gasteiger partial charge in [-0.25, -0.2) is 4.79 Å². The molecule has 0 aliphatic heterocycles. The first-order valence-corrected chi connectivity index (χ1v) is 7.45. The molecule has 2 aromatic carbocycles. The van der Waals surface area contributed by atoms with Gasteiger partial charge in [0, 0.05) is 0 Å². The first-order chi connectivity index (χ1) is 10.1. The second-order valence-electron chi connectivity index (χ2n) is 5.23. The van der Waals surface area contributed by atoms with Gasteiger partial charge in [0.2, 0.25) is 0 Å². The molecular weight excluding hydrogens is 260 g/mol. The summed E-state index contributed by atoms with van der Waals surface area (Å²) < 4.78 is 5.21. The number of hydrogen-bond donors (Lipinski definition) is 0. The SMILES string of the molecule is CCOC(=O)c1cccc(CC)c1-c1ccc(C)cc1C. The Bertz CT molecular complexity index is 657. The Kier molecular flexibility index (Phi) is 4.79. The predicted molar refractivity (Wildman–Crippen MR) is 86.7 cm³/mol. The minimum Gasteiger partial charge on any atom is -0.462 e. The van der Waals surface area contributed by atoms with Crippen molar-refractivity contribution >= 4 is 5.97 Å². The molecule has 21 heavy (non-hydrogen) atoms. The summed E-state index contributed by atoms with van der Waals surface area (Å²) in [5.74, 6) is -0.247. The summed E-state index contributed by atoms with van der Waals surface area (Å²) in [6.45, 7) is 8.50. The smallest absolute Gasteiger partial charge is 0.338 e. The molecule has 0 amide bonds. The predicted octanol–water partition coefficient (Wildman–Crippen LogP) is 4.71. The Hall–Kier alpha value is -2.09. The minimum atomic E-state index is -0.247. The summed E-state index contributed by atoms with van der Waals surface area (Å²) in [5.41, 5.74) is 6.36. The first-order valence-electron chi connectivity index (χ1n) is 7.45. The van der Waals surface area contributed by atoms with Crippen molar-refractivity contribution in [1.29, 1.82) is 0 Å². The first kappa shape index (κ1) is 15.3. The van der Waals surface area contributed by atoms with Crippen LogP contribution in [0.15, 0.2) is 36.4 Å². The van der Waals surface area contributed by atoms with Crippen LogP contribution in [0, 0.1) is 13.8 Å². The van der Waals surface area contributed by atoms with Gasteiger partial charge in [0.25, 0.3) is 0 Å². The average Bonchev–Trinajstić information content (AvgIpc) is 2.47. The van der Waals surface area contributed by atoms with Gasteiger partial charge in [-0.05, 0) is 55.5 Å². The molecule has 0 N–H and O–H groups in total. The van der Waals surface area contributed by atoms with Gasteiger partial charge in [-0.2, -0.15) is 0 Å². The topological polar surface area (TPSA) is 26.3 Å². The average molecular weight is 282 g/mol. The molecule has 2 rings (SSSR count). The zero-order valence-corrected chi connectivity index (χ0v) is 13.2. The largest absolute Gasteiger partial charge is 0.462 e. The van der Waals surface area contributed by atoms with Gasteiger partial charge in [-0.1, -0.05) is 42.8 Å². The zero-order valence-electron chi connectivity index (χ0n) is 13.2. The van der Waals surface area contributed by atoms with Crippen molar-refractivity contribution < 1.29 is 9.53 Å². The molecule has 0 saturated heterocycles. The van der Waals surface area contributed by atoms with Crippen molar-refractivity contribution in [3.8, 4) is 11.1 Å². The van der Waals surface area contributed by atoms with Gasteiger partial charge in [0.1, 0.15) is 0 Å². The van der Waals surface area contributed by atoms with E-state index in [9.17, 15) is 4.79 Å². The Labute approximate surface area is 126 Å². The molecule has 0 fully saturated rings. The molecule has 0 radical (unpaired) electrons. The van der Waals surface area contributed by atoms with Crippen LogP contribution in [0.2, 0.25) is 0 Å². The molecule has 0 spiro atoms. The third-order valence-corrected chi connectivity index (χ3v) is 3.68. The van der Waals surface area contributed by atoms with Crippen molar-refractivity contribution in [3.63, 3.8) is 0 Å². The van der Waals surface area contributed by atoms with Gasteiger partial charge < -0.3 is 4.74 Å². The maximum atomic E-state index is 12.3. The van der Waals surface area contributed by atoms with Crippen molar-refractivity contribution in [2.75, 3.05) is 6.61 Å². The number of ether oxygens (including phenoxy) is 1. The van der Waals surface area contributed by atoms with E-state index in [1.165, 1.54) is 16.7 Å². The highest BCUT2D eigenvalue weighted by atomic mass is 16.5. The Balaban J connectivity index is 2.67. The second kappa shape index (κ2) is 6.57. The lowest BCUT2D eigenvalue weighted by Crippen LogP contribution is -2.08.